The number of aliphatic hydroxyl groups excluding tert-OH is 1. The summed E-state index contributed by atoms with van der Waals surface area (Å²) in [5.41, 5.74) is 3.46. The molecule has 0 aromatic heterocycles. The van der Waals surface area contributed by atoms with Crippen LogP contribution in [0.25, 0.3) is 0 Å². The summed E-state index contributed by atoms with van der Waals surface area (Å²) in [4.78, 5) is 0. The molecule has 0 aliphatic heterocycles. The van der Waals surface area contributed by atoms with Crippen molar-refractivity contribution in [1.29, 1.82) is 0 Å². The van der Waals surface area contributed by atoms with Gasteiger partial charge in [-0.3, -0.25) is 0 Å². The number of hydrogen-bond donors (Lipinski definition) is 2. The molecule has 0 radical (unpaired) electrons. The van der Waals surface area contributed by atoms with Crippen molar-refractivity contribution in [1.82, 2.24) is 0 Å². The van der Waals surface area contributed by atoms with Gasteiger partial charge in [-0.2, -0.15) is 0 Å². The second-order valence-corrected chi connectivity index (χ2v) is 4.18. The third-order valence-corrected chi connectivity index (χ3v) is 3.07. The first kappa shape index (κ1) is 11.4. The molecule has 3 atom stereocenters. The molecule has 3 unspecified atom stereocenters. The van der Waals surface area contributed by atoms with Crippen LogP contribution in [0.15, 0.2) is 18.2 Å². The number of rotatable bonds is 3. The summed E-state index contributed by atoms with van der Waals surface area (Å²) >= 11 is 0. The van der Waals surface area contributed by atoms with Crippen molar-refractivity contribution >= 4 is 0 Å². The van der Waals surface area contributed by atoms with E-state index in [4.69, 9.17) is 5.73 Å². The first-order valence-corrected chi connectivity index (χ1v) is 4.98. The van der Waals surface area contributed by atoms with E-state index in [2.05, 4.69) is 0 Å². The highest BCUT2D eigenvalue weighted by Gasteiger charge is 2.53. The molecule has 16 heavy (non-hydrogen) atoms. The van der Waals surface area contributed by atoms with Crippen molar-refractivity contribution in [2.45, 2.75) is 18.1 Å². The lowest BCUT2D eigenvalue weighted by atomic mass is 9.86. The Hall–Kier alpha value is -1.07. The maximum atomic E-state index is 13.5. The van der Waals surface area contributed by atoms with Gasteiger partial charge in [-0.25, -0.2) is 13.2 Å². The molecule has 1 aliphatic carbocycles. The molecule has 2 nitrogen and oxygen atoms in total. The molecule has 0 saturated heterocycles. The molecule has 1 aromatic carbocycles. The molecule has 2 rings (SSSR count). The summed E-state index contributed by atoms with van der Waals surface area (Å²) in [6.45, 7) is -1.10. The van der Waals surface area contributed by atoms with Crippen molar-refractivity contribution in [3.8, 4) is 0 Å². The largest absolute Gasteiger partial charge is 0.393 e. The Morgan fingerprint density at radius 1 is 1.38 bits per heavy atom. The Balaban J connectivity index is 2.48. The Morgan fingerprint density at radius 3 is 2.25 bits per heavy atom. The minimum absolute atomic E-state index is 0.272. The molecule has 5 heteroatoms. The first-order valence-electron chi connectivity index (χ1n) is 4.98. The molecule has 0 heterocycles. The molecule has 0 spiro atoms. The third kappa shape index (κ3) is 1.60. The molecule has 88 valence electrons. The summed E-state index contributed by atoms with van der Waals surface area (Å²) in [7, 11) is 0. The zero-order valence-electron chi connectivity index (χ0n) is 8.46. The van der Waals surface area contributed by atoms with Crippen LogP contribution < -0.4 is 5.73 Å². The van der Waals surface area contributed by atoms with E-state index in [-0.39, 0.29) is 6.42 Å². The fourth-order valence-corrected chi connectivity index (χ4v) is 2.03. The smallest absolute Gasteiger partial charge is 0.131 e. The molecule has 3 N–H and O–H groups in total. The van der Waals surface area contributed by atoms with E-state index in [9.17, 15) is 18.3 Å². The summed E-state index contributed by atoms with van der Waals surface area (Å²) < 4.78 is 39.9. The average molecular weight is 231 g/mol. The molecule has 1 aliphatic rings. The highest BCUT2D eigenvalue weighted by Crippen LogP contribution is 2.45. The summed E-state index contributed by atoms with van der Waals surface area (Å²) in [6.07, 6.45) is -0.506. The van der Waals surface area contributed by atoms with Crippen LogP contribution in [0.2, 0.25) is 0 Å². The number of nitrogens with two attached hydrogens (primary N) is 1. The van der Waals surface area contributed by atoms with E-state index in [1.165, 1.54) is 6.07 Å². The monoisotopic (exact) mass is 231 g/mol. The molecule has 1 saturated carbocycles. The van der Waals surface area contributed by atoms with Gasteiger partial charge < -0.3 is 10.8 Å². The van der Waals surface area contributed by atoms with Crippen molar-refractivity contribution in [3.05, 3.63) is 35.4 Å². The maximum absolute atomic E-state index is 13.5. The van der Waals surface area contributed by atoms with Gasteiger partial charge in [-0.1, -0.05) is 6.07 Å². The standard InChI is InChI=1S/C11H12F3NO/c12-5-11(15,6-4-9(6)16)10-7(13)2-1-3-8(10)14/h1-3,6,9,16H,4-5,15H2. The van der Waals surface area contributed by atoms with Crippen LogP contribution in [-0.4, -0.2) is 17.9 Å². The lowest BCUT2D eigenvalue weighted by Gasteiger charge is -2.27. The fourth-order valence-electron chi connectivity index (χ4n) is 2.03. The predicted molar refractivity (Wildman–Crippen MR) is 52.3 cm³/mol. The fraction of sp³-hybridized carbons (Fsp3) is 0.455. The Morgan fingerprint density at radius 2 is 1.88 bits per heavy atom. The highest BCUT2D eigenvalue weighted by atomic mass is 19.1. The zero-order chi connectivity index (χ0) is 11.9. The SMILES string of the molecule is NC(CF)(c1c(F)cccc1F)C1CC1O. The molecular formula is C11H12F3NO. The van der Waals surface area contributed by atoms with Crippen LogP contribution in [0.1, 0.15) is 12.0 Å². The maximum Gasteiger partial charge on any atom is 0.131 e. The molecule has 1 aromatic rings. The van der Waals surface area contributed by atoms with Crippen LogP contribution >= 0.6 is 0 Å². The van der Waals surface area contributed by atoms with E-state index in [0.717, 1.165) is 12.1 Å². The first-order chi connectivity index (χ1) is 7.50. The van der Waals surface area contributed by atoms with Crippen molar-refractivity contribution < 1.29 is 18.3 Å². The van der Waals surface area contributed by atoms with Gasteiger partial charge in [0.2, 0.25) is 0 Å². The van der Waals surface area contributed by atoms with Gasteiger partial charge >= 0.3 is 0 Å². The van der Waals surface area contributed by atoms with E-state index >= 15 is 0 Å². The lowest BCUT2D eigenvalue weighted by Crippen LogP contribution is -2.44. The Labute approximate surface area is 90.9 Å². The second kappa shape index (κ2) is 3.75. The third-order valence-electron chi connectivity index (χ3n) is 3.07. The van der Waals surface area contributed by atoms with E-state index in [1.54, 1.807) is 0 Å². The van der Waals surface area contributed by atoms with Crippen molar-refractivity contribution in [2.75, 3.05) is 6.67 Å². The number of hydrogen-bond acceptors (Lipinski definition) is 2. The molecule has 0 bridgehead atoms. The number of benzene rings is 1. The van der Waals surface area contributed by atoms with Gasteiger partial charge in [0.25, 0.3) is 0 Å². The summed E-state index contributed by atoms with van der Waals surface area (Å²) in [6, 6.07) is 3.25. The van der Waals surface area contributed by atoms with Gasteiger partial charge in [0.1, 0.15) is 18.3 Å². The van der Waals surface area contributed by atoms with Gasteiger partial charge in [0.15, 0.2) is 0 Å². The molecular weight excluding hydrogens is 219 g/mol. The van der Waals surface area contributed by atoms with Crippen LogP contribution in [0.5, 0.6) is 0 Å². The van der Waals surface area contributed by atoms with Crippen LogP contribution in [0.3, 0.4) is 0 Å². The highest BCUT2D eigenvalue weighted by molar-refractivity contribution is 5.31. The topological polar surface area (TPSA) is 46.2 Å². The second-order valence-electron chi connectivity index (χ2n) is 4.18. The van der Waals surface area contributed by atoms with Crippen LogP contribution in [0, 0.1) is 17.6 Å². The Kier molecular flexibility index (Phi) is 2.67. The van der Waals surface area contributed by atoms with E-state index in [0.29, 0.717) is 0 Å². The van der Waals surface area contributed by atoms with Crippen LogP contribution in [-0.2, 0) is 5.54 Å². The summed E-state index contributed by atoms with van der Waals surface area (Å²) in [5.74, 6) is -2.37. The Bertz CT molecular complexity index is 392. The van der Waals surface area contributed by atoms with Gasteiger partial charge in [0.05, 0.1) is 11.6 Å². The predicted octanol–water partition coefficient (Wildman–Crippen LogP) is 1.47. The number of halogens is 3. The van der Waals surface area contributed by atoms with Gasteiger partial charge in [0, 0.05) is 11.5 Å². The lowest BCUT2D eigenvalue weighted by molar-refractivity contribution is 0.191. The quantitative estimate of drug-likeness (QED) is 0.827. The molecule has 0 amide bonds. The van der Waals surface area contributed by atoms with Gasteiger partial charge in [-0.05, 0) is 18.6 Å². The van der Waals surface area contributed by atoms with Gasteiger partial charge in [-0.15, -0.1) is 0 Å². The van der Waals surface area contributed by atoms with E-state index < -0.39 is 41.4 Å². The van der Waals surface area contributed by atoms with E-state index in [1.807, 2.05) is 0 Å². The summed E-state index contributed by atoms with van der Waals surface area (Å²) in [5, 5.41) is 9.24. The zero-order valence-corrected chi connectivity index (χ0v) is 8.46. The van der Waals surface area contributed by atoms with Crippen molar-refractivity contribution in [2.24, 2.45) is 11.7 Å². The minimum Gasteiger partial charge on any atom is -0.393 e. The minimum atomic E-state index is -1.77. The number of alkyl halides is 1. The number of aliphatic hydroxyl groups is 1. The van der Waals surface area contributed by atoms with Crippen LogP contribution in [0.4, 0.5) is 13.2 Å². The average Bonchev–Trinajstić information content (AvgIpc) is 2.95. The molecule has 1 fully saturated rings. The normalized spacial score (nSPS) is 27.6. The van der Waals surface area contributed by atoms with Crippen molar-refractivity contribution in [3.63, 3.8) is 0 Å².